The summed E-state index contributed by atoms with van der Waals surface area (Å²) in [5.74, 6) is 5.53. The van der Waals surface area contributed by atoms with Gasteiger partial charge in [0.05, 0.1) is 12.6 Å². The third-order valence-electron chi connectivity index (χ3n) is 5.31. The van der Waals surface area contributed by atoms with Crippen molar-refractivity contribution in [2.24, 2.45) is 5.92 Å². The average Bonchev–Trinajstić information content (AvgIpc) is 3.26. The number of amides is 1. The molecule has 0 aromatic heterocycles. The summed E-state index contributed by atoms with van der Waals surface area (Å²) in [5.41, 5.74) is 0. The lowest BCUT2D eigenvalue weighted by atomic mass is 9.94. The first-order chi connectivity index (χ1) is 11.3. The van der Waals surface area contributed by atoms with E-state index in [1.54, 1.807) is 0 Å². The maximum atomic E-state index is 13.1. The van der Waals surface area contributed by atoms with Crippen LogP contribution in [0.4, 0.5) is 0 Å². The number of carbonyl (C=O) groups excluding carboxylic acids is 1. The smallest absolute Gasteiger partial charge is 0.226 e. The van der Waals surface area contributed by atoms with Gasteiger partial charge in [-0.3, -0.25) is 9.69 Å². The van der Waals surface area contributed by atoms with E-state index in [0.717, 1.165) is 64.1 Å². The van der Waals surface area contributed by atoms with E-state index in [4.69, 9.17) is 11.2 Å². The van der Waals surface area contributed by atoms with Crippen molar-refractivity contribution in [1.29, 1.82) is 0 Å². The third kappa shape index (κ3) is 4.43. The molecular weight excluding hydrogens is 308 g/mol. The minimum absolute atomic E-state index is 0.177. The van der Waals surface area contributed by atoms with Crippen LogP contribution in [-0.4, -0.2) is 72.1 Å². The Morgan fingerprint density at radius 2 is 2.13 bits per heavy atom. The molecule has 3 heterocycles. The Bertz CT molecular complexity index is 431. The first kappa shape index (κ1) is 17.1. The van der Waals surface area contributed by atoms with Gasteiger partial charge in [0.1, 0.15) is 0 Å². The zero-order valence-electron chi connectivity index (χ0n) is 13.9. The molecule has 0 N–H and O–H groups in total. The summed E-state index contributed by atoms with van der Waals surface area (Å²) < 4.78 is 5.80. The van der Waals surface area contributed by atoms with E-state index in [1.807, 2.05) is 11.8 Å². The monoisotopic (exact) mass is 336 g/mol. The number of terminal acetylenes is 1. The summed E-state index contributed by atoms with van der Waals surface area (Å²) in [6.07, 6.45) is 10.9. The van der Waals surface area contributed by atoms with Gasteiger partial charge in [0.25, 0.3) is 0 Å². The lowest BCUT2D eigenvalue weighted by molar-refractivity contribution is -0.140. The molecule has 5 heteroatoms. The molecule has 3 rings (SSSR count). The van der Waals surface area contributed by atoms with Crippen molar-refractivity contribution in [2.45, 2.75) is 44.2 Å². The first-order valence-corrected chi connectivity index (χ1v) is 10.1. The lowest BCUT2D eigenvalue weighted by Crippen LogP contribution is -2.49. The van der Waals surface area contributed by atoms with Gasteiger partial charge >= 0.3 is 0 Å². The third-order valence-corrected chi connectivity index (χ3v) is 6.45. The molecule has 23 heavy (non-hydrogen) atoms. The fraction of sp³-hybridized carbons (Fsp3) is 0.833. The van der Waals surface area contributed by atoms with E-state index in [0.29, 0.717) is 18.5 Å². The molecule has 0 radical (unpaired) electrons. The van der Waals surface area contributed by atoms with Crippen LogP contribution in [-0.2, 0) is 9.53 Å². The minimum Gasteiger partial charge on any atom is -0.376 e. The van der Waals surface area contributed by atoms with Crippen molar-refractivity contribution >= 4 is 17.7 Å². The molecule has 3 aliphatic rings. The fourth-order valence-electron chi connectivity index (χ4n) is 3.90. The predicted octanol–water partition coefficient (Wildman–Crippen LogP) is 1.84. The largest absolute Gasteiger partial charge is 0.376 e. The SMILES string of the molecule is C#CCN1CCC(C(=O)N(C[C@H]2CCCO2)[C@H]2CCSC2)CC1. The second-order valence-corrected chi connectivity index (χ2v) is 8.05. The van der Waals surface area contributed by atoms with Gasteiger partial charge in [-0.1, -0.05) is 5.92 Å². The molecule has 4 nitrogen and oxygen atoms in total. The number of likely N-dealkylation sites (tertiary alicyclic amines) is 1. The van der Waals surface area contributed by atoms with E-state index >= 15 is 0 Å². The highest BCUT2D eigenvalue weighted by atomic mass is 32.2. The summed E-state index contributed by atoms with van der Waals surface area (Å²) in [5, 5.41) is 0. The summed E-state index contributed by atoms with van der Waals surface area (Å²) in [4.78, 5) is 17.6. The number of carbonyl (C=O) groups is 1. The van der Waals surface area contributed by atoms with Gasteiger partial charge in [0.2, 0.25) is 5.91 Å². The van der Waals surface area contributed by atoms with Gasteiger partial charge in [-0.25, -0.2) is 0 Å². The van der Waals surface area contributed by atoms with E-state index in [9.17, 15) is 4.79 Å². The Morgan fingerprint density at radius 3 is 2.74 bits per heavy atom. The molecule has 2 atom stereocenters. The molecule has 3 fully saturated rings. The maximum absolute atomic E-state index is 13.1. The van der Waals surface area contributed by atoms with E-state index < -0.39 is 0 Å². The highest BCUT2D eigenvalue weighted by molar-refractivity contribution is 7.99. The van der Waals surface area contributed by atoms with Crippen molar-refractivity contribution in [3.63, 3.8) is 0 Å². The number of hydrogen-bond acceptors (Lipinski definition) is 4. The van der Waals surface area contributed by atoms with Gasteiger partial charge in [0, 0.05) is 30.9 Å². The lowest BCUT2D eigenvalue weighted by Gasteiger charge is -2.37. The van der Waals surface area contributed by atoms with Crippen LogP contribution in [0.5, 0.6) is 0 Å². The summed E-state index contributed by atoms with van der Waals surface area (Å²) >= 11 is 1.97. The summed E-state index contributed by atoms with van der Waals surface area (Å²) in [7, 11) is 0. The molecule has 0 saturated carbocycles. The van der Waals surface area contributed by atoms with Gasteiger partial charge < -0.3 is 9.64 Å². The quantitative estimate of drug-likeness (QED) is 0.717. The zero-order chi connectivity index (χ0) is 16.1. The minimum atomic E-state index is 0.177. The van der Waals surface area contributed by atoms with Crippen LogP contribution in [0.15, 0.2) is 0 Å². The molecule has 0 aliphatic carbocycles. The summed E-state index contributed by atoms with van der Waals surface area (Å²) in [6.45, 7) is 4.27. The van der Waals surface area contributed by atoms with Crippen molar-refractivity contribution in [2.75, 3.05) is 44.3 Å². The van der Waals surface area contributed by atoms with Crippen LogP contribution in [0.1, 0.15) is 32.1 Å². The number of nitrogens with zero attached hydrogens (tertiary/aromatic N) is 2. The van der Waals surface area contributed by atoms with Crippen molar-refractivity contribution < 1.29 is 9.53 Å². The number of thioether (sulfide) groups is 1. The number of hydrogen-bond donors (Lipinski definition) is 0. The van der Waals surface area contributed by atoms with Gasteiger partial charge in [-0.2, -0.15) is 11.8 Å². The Balaban J connectivity index is 1.59. The average molecular weight is 337 g/mol. The Labute approximate surface area is 144 Å². The topological polar surface area (TPSA) is 32.8 Å². The van der Waals surface area contributed by atoms with Crippen molar-refractivity contribution in [3.8, 4) is 12.3 Å². The molecular formula is C18H28N2O2S. The van der Waals surface area contributed by atoms with Crippen molar-refractivity contribution in [1.82, 2.24) is 9.80 Å². The second kappa shape index (κ2) is 8.41. The van der Waals surface area contributed by atoms with Crippen LogP contribution in [0.3, 0.4) is 0 Å². The van der Waals surface area contributed by atoms with Crippen molar-refractivity contribution in [3.05, 3.63) is 0 Å². The number of piperidine rings is 1. The van der Waals surface area contributed by atoms with Crippen LogP contribution in [0, 0.1) is 18.3 Å². The molecule has 0 unspecified atom stereocenters. The Kier molecular flexibility index (Phi) is 6.27. The number of rotatable bonds is 5. The van der Waals surface area contributed by atoms with Gasteiger partial charge in [-0.05, 0) is 50.9 Å². The molecule has 0 aromatic carbocycles. The molecule has 0 aromatic rings. The maximum Gasteiger partial charge on any atom is 0.226 e. The van der Waals surface area contributed by atoms with E-state index in [-0.39, 0.29) is 12.0 Å². The van der Waals surface area contributed by atoms with Crippen LogP contribution in [0.2, 0.25) is 0 Å². The Morgan fingerprint density at radius 1 is 1.30 bits per heavy atom. The van der Waals surface area contributed by atoms with Gasteiger partial charge in [0.15, 0.2) is 0 Å². The second-order valence-electron chi connectivity index (χ2n) is 6.90. The zero-order valence-corrected chi connectivity index (χ0v) is 14.7. The van der Waals surface area contributed by atoms with Crippen LogP contribution in [0.25, 0.3) is 0 Å². The molecule has 0 spiro atoms. The molecule has 3 aliphatic heterocycles. The molecule has 3 saturated heterocycles. The van der Waals surface area contributed by atoms with E-state index in [2.05, 4.69) is 15.7 Å². The predicted molar refractivity (Wildman–Crippen MR) is 94.4 cm³/mol. The van der Waals surface area contributed by atoms with Crippen LogP contribution >= 0.6 is 11.8 Å². The normalized spacial score (nSPS) is 29.5. The highest BCUT2D eigenvalue weighted by Crippen LogP contribution is 2.28. The molecule has 1 amide bonds. The Hall–Kier alpha value is -0.700. The first-order valence-electron chi connectivity index (χ1n) is 8.93. The molecule has 128 valence electrons. The highest BCUT2D eigenvalue weighted by Gasteiger charge is 2.35. The molecule has 0 bridgehead atoms. The summed E-state index contributed by atoms with van der Waals surface area (Å²) in [6, 6.07) is 0.417. The standard InChI is InChI=1S/C18H28N2O2S/c1-2-8-19-9-5-15(6-10-19)18(21)20(16-7-12-23-14-16)13-17-4-3-11-22-17/h1,15-17H,3-14H2/t16-,17+/m0/s1. The fourth-order valence-corrected chi connectivity index (χ4v) is 5.12. The van der Waals surface area contributed by atoms with Gasteiger partial charge in [-0.15, -0.1) is 6.42 Å². The van der Waals surface area contributed by atoms with E-state index in [1.165, 1.54) is 5.75 Å². The van der Waals surface area contributed by atoms with Crippen LogP contribution < -0.4 is 0 Å². The number of ether oxygens (including phenoxy) is 1.